The van der Waals surface area contributed by atoms with E-state index in [9.17, 15) is 5.11 Å². The van der Waals surface area contributed by atoms with Gasteiger partial charge in [0.2, 0.25) is 0 Å². The molecule has 2 fully saturated rings. The van der Waals surface area contributed by atoms with Gasteiger partial charge in [0, 0.05) is 6.61 Å². The lowest BCUT2D eigenvalue weighted by molar-refractivity contribution is -0.121. The zero-order valence-corrected chi connectivity index (χ0v) is 11.8. The second kappa shape index (κ2) is 6.44. The molecule has 1 spiro atoms. The van der Waals surface area contributed by atoms with Crippen molar-refractivity contribution >= 4 is 11.8 Å². The van der Waals surface area contributed by atoms with Crippen LogP contribution in [0.1, 0.15) is 51.9 Å². The molecule has 0 aromatic rings. The summed E-state index contributed by atoms with van der Waals surface area (Å²) in [5, 5.41) is 10.3. The van der Waals surface area contributed by atoms with Gasteiger partial charge in [-0.05, 0) is 49.5 Å². The van der Waals surface area contributed by atoms with Gasteiger partial charge in [0.1, 0.15) is 0 Å². The Balaban J connectivity index is 1.87. The van der Waals surface area contributed by atoms with Gasteiger partial charge >= 0.3 is 0 Å². The fourth-order valence-electron chi connectivity index (χ4n) is 3.13. The van der Waals surface area contributed by atoms with Crippen molar-refractivity contribution in [2.24, 2.45) is 5.92 Å². The Morgan fingerprint density at radius 3 is 2.88 bits per heavy atom. The zero-order valence-electron chi connectivity index (χ0n) is 11.0. The Bertz CT molecular complexity index is 221. The molecular weight excluding hydrogens is 232 g/mol. The third-order valence-corrected chi connectivity index (χ3v) is 5.32. The van der Waals surface area contributed by atoms with E-state index in [1.54, 1.807) is 0 Å². The molecule has 17 heavy (non-hydrogen) atoms. The van der Waals surface area contributed by atoms with Crippen molar-refractivity contribution in [1.29, 1.82) is 0 Å². The van der Waals surface area contributed by atoms with E-state index in [1.165, 1.54) is 30.8 Å². The fraction of sp³-hybridized carbons (Fsp3) is 1.00. The molecule has 2 rings (SSSR count). The molecule has 2 unspecified atom stereocenters. The molecule has 3 heteroatoms. The number of hydrogen-bond acceptors (Lipinski definition) is 3. The van der Waals surface area contributed by atoms with Crippen LogP contribution in [0.5, 0.6) is 0 Å². The van der Waals surface area contributed by atoms with Crippen molar-refractivity contribution in [3.63, 3.8) is 0 Å². The van der Waals surface area contributed by atoms with E-state index in [-0.39, 0.29) is 11.7 Å². The molecular formula is C14H26O2S. The molecule has 0 aromatic carbocycles. The SMILES string of the molecule is CCCCC(O)C1CCOC2(CCSCC2)C1. The summed E-state index contributed by atoms with van der Waals surface area (Å²) in [7, 11) is 0. The Kier molecular flexibility index (Phi) is 5.19. The second-order valence-corrected chi connectivity index (χ2v) is 6.83. The summed E-state index contributed by atoms with van der Waals surface area (Å²) >= 11 is 2.04. The third kappa shape index (κ3) is 3.62. The van der Waals surface area contributed by atoms with Crippen LogP contribution in [0.3, 0.4) is 0 Å². The number of rotatable bonds is 4. The van der Waals surface area contributed by atoms with Gasteiger partial charge in [-0.25, -0.2) is 0 Å². The van der Waals surface area contributed by atoms with Gasteiger partial charge in [0.05, 0.1) is 11.7 Å². The summed E-state index contributed by atoms with van der Waals surface area (Å²) in [4.78, 5) is 0. The van der Waals surface area contributed by atoms with E-state index < -0.39 is 0 Å². The van der Waals surface area contributed by atoms with E-state index in [0.29, 0.717) is 5.92 Å². The molecule has 0 amide bonds. The number of aliphatic hydroxyl groups excluding tert-OH is 1. The lowest BCUT2D eigenvalue weighted by atomic mass is 9.78. The minimum absolute atomic E-state index is 0.0923. The molecule has 0 saturated carbocycles. The van der Waals surface area contributed by atoms with Gasteiger partial charge in [0.15, 0.2) is 0 Å². The molecule has 1 N–H and O–H groups in total. The van der Waals surface area contributed by atoms with Crippen LogP contribution in [0.2, 0.25) is 0 Å². The highest BCUT2D eigenvalue weighted by Crippen LogP contribution is 2.41. The minimum Gasteiger partial charge on any atom is -0.393 e. The maximum Gasteiger partial charge on any atom is 0.0701 e. The van der Waals surface area contributed by atoms with Crippen molar-refractivity contribution in [2.45, 2.75) is 63.6 Å². The molecule has 0 aliphatic carbocycles. The van der Waals surface area contributed by atoms with Crippen LogP contribution < -0.4 is 0 Å². The number of ether oxygens (including phenoxy) is 1. The zero-order chi connectivity index (χ0) is 12.1. The molecule has 2 aliphatic rings. The highest BCUT2D eigenvalue weighted by atomic mass is 32.2. The van der Waals surface area contributed by atoms with E-state index >= 15 is 0 Å². The average Bonchev–Trinajstić information content (AvgIpc) is 2.37. The molecule has 2 saturated heterocycles. The number of unbranched alkanes of at least 4 members (excludes halogenated alkanes) is 1. The van der Waals surface area contributed by atoms with Gasteiger partial charge in [-0.1, -0.05) is 19.8 Å². The van der Waals surface area contributed by atoms with Crippen molar-refractivity contribution < 1.29 is 9.84 Å². The van der Waals surface area contributed by atoms with Crippen LogP contribution in [0, 0.1) is 5.92 Å². The van der Waals surface area contributed by atoms with E-state index in [0.717, 1.165) is 32.3 Å². The van der Waals surface area contributed by atoms with Crippen molar-refractivity contribution in [3.05, 3.63) is 0 Å². The molecule has 2 aliphatic heterocycles. The van der Waals surface area contributed by atoms with Gasteiger partial charge in [0.25, 0.3) is 0 Å². The maximum atomic E-state index is 10.3. The number of thioether (sulfide) groups is 1. The maximum absolute atomic E-state index is 10.3. The topological polar surface area (TPSA) is 29.5 Å². The molecule has 0 bridgehead atoms. The van der Waals surface area contributed by atoms with Crippen molar-refractivity contribution in [2.75, 3.05) is 18.1 Å². The van der Waals surface area contributed by atoms with Gasteiger partial charge in [-0.15, -0.1) is 0 Å². The van der Waals surface area contributed by atoms with Crippen LogP contribution in [0.15, 0.2) is 0 Å². The van der Waals surface area contributed by atoms with Crippen LogP contribution in [-0.2, 0) is 4.74 Å². The van der Waals surface area contributed by atoms with Crippen molar-refractivity contribution in [1.82, 2.24) is 0 Å². The smallest absolute Gasteiger partial charge is 0.0701 e. The summed E-state index contributed by atoms with van der Waals surface area (Å²) in [6, 6.07) is 0. The fourth-order valence-corrected chi connectivity index (χ4v) is 4.37. The lowest BCUT2D eigenvalue weighted by Crippen LogP contribution is -2.45. The Labute approximate surface area is 110 Å². The minimum atomic E-state index is -0.0923. The normalized spacial score (nSPS) is 30.4. The summed E-state index contributed by atoms with van der Waals surface area (Å²) in [6.07, 6.45) is 7.75. The Hall–Kier alpha value is 0.270. The molecule has 2 heterocycles. The Morgan fingerprint density at radius 2 is 2.18 bits per heavy atom. The Morgan fingerprint density at radius 1 is 1.41 bits per heavy atom. The highest BCUT2D eigenvalue weighted by molar-refractivity contribution is 7.99. The summed E-state index contributed by atoms with van der Waals surface area (Å²) in [5.74, 6) is 2.95. The van der Waals surface area contributed by atoms with Gasteiger partial charge in [-0.3, -0.25) is 0 Å². The first-order valence-corrected chi connectivity index (χ1v) is 8.31. The largest absolute Gasteiger partial charge is 0.393 e. The van der Waals surface area contributed by atoms with Crippen molar-refractivity contribution in [3.8, 4) is 0 Å². The van der Waals surface area contributed by atoms with Crippen LogP contribution in [0.25, 0.3) is 0 Å². The first kappa shape index (κ1) is 13.7. The standard InChI is InChI=1S/C14H26O2S/c1-2-3-4-13(15)12-5-8-16-14(11-12)6-9-17-10-7-14/h12-13,15H,2-11H2,1H3. The van der Waals surface area contributed by atoms with Gasteiger partial charge in [-0.2, -0.15) is 11.8 Å². The summed E-state index contributed by atoms with van der Waals surface area (Å²) in [6.45, 7) is 3.05. The molecule has 100 valence electrons. The second-order valence-electron chi connectivity index (χ2n) is 5.61. The molecule has 0 aromatic heterocycles. The van der Waals surface area contributed by atoms with E-state index in [4.69, 9.17) is 4.74 Å². The number of aliphatic hydroxyl groups is 1. The number of hydrogen-bond donors (Lipinski definition) is 1. The summed E-state index contributed by atoms with van der Waals surface area (Å²) < 4.78 is 6.07. The quantitative estimate of drug-likeness (QED) is 0.839. The van der Waals surface area contributed by atoms with Crippen LogP contribution in [0.4, 0.5) is 0 Å². The molecule has 2 nitrogen and oxygen atoms in total. The first-order chi connectivity index (χ1) is 8.26. The first-order valence-electron chi connectivity index (χ1n) is 7.15. The predicted octanol–water partition coefficient (Wildman–Crippen LogP) is 3.23. The van der Waals surface area contributed by atoms with Crippen LogP contribution >= 0.6 is 11.8 Å². The van der Waals surface area contributed by atoms with Gasteiger partial charge < -0.3 is 9.84 Å². The molecule has 2 atom stereocenters. The predicted molar refractivity (Wildman–Crippen MR) is 73.5 cm³/mol. The highest BCUT2D eigenvalue weighted by Gasteiger charge is 2.40. The third-order valence-electron chi connectivity index (χ3n) is 4.33. The monoisotopic (exact) mass is 258 g/mol. The van der Waals surface area contributed by atoms with E-state index in [1.807, 2.05) is 11.8 Å². The van der Waals surface area contributed by atoms with E-state index in [2.05, 4.69) is 6.92 Å². The average molecular weight is 258 g/mol. The lowest BCUT2D eigenvalue weighted by Gasteiger charge is -2.44. The summed E-state index contributed by atoms with van der Waals surface area (Å²) in [5.41, 5.74) is 0.126. The van der Waals surface area contributed by atoms with Crippen LogP contribution in [-0.4, -0.2) is 34.9 Å². The molecule has 0 radical (unpaired) electrons.